The second kappa shape index (κ2) is 12.9. The Balaban J connectivity index is 1.41. The number of carbonyl (C=O) groups excluding carboxylic acids is 1. The van der Waals surface area contributed by atoms with Crippen LogP contribution in [0.25, 0.3) is 0 Å². The van der Waals surface area contributed by atoms with Gasteiger partial charge in [0, 0.05) is 32.2 Å². The highest BCUT2D eigenvalue weighted by Gasteiger charge is 2.18. The topological polar surface area (TPSA) is 55.2 Å². The van der Waals surface area contributed by atoms with E-state index in [1.54, 1.807) is 44.4 Å². The van der Waals surface area contributed by atoms with E-state index in [1.165, 1.54) is 6.07 Å². The van der Waals surface area contributed by atoms with Crippen molar-refractivity contribution >= 4 is 5.91 Å². The van der Waals surface area contributed by atoms with Gasteiger partial charge in [0.05, 0.1) is 20.8 Å². The predicted octanol–water partition coefficient (Wildman–Crippen LogP) is 5.95. The lowest BCUT2D eigenvalue weighted by Gasteiger charge is -2.22. The van der Waals surface area contributed by atoms with Gasteiger partial charge in [-0.05, 0) is 47.9 Å². The monoisotopic (exact) mass is 516 g/mol. The maximum atomic E-state index is 14.4. The summed E-state index contributed by atoms with van der Waals surface area (Å²) in [6.07, 6.45) is 0.656. The zero-order valence-corrected chi connectivity index (χ0v) is 22.0. The highest BCUT2D eigenvalue weighted by molar-refractivity contribution is 5.91. The van der Waals surface area contributed by atoms with Crippen molar-refractivity contribution in [2.45, 2.75) is 26.1 Å². The van der Waals surface area contributed by atoms with Gasteiger partial charge in [-0.3, -0.25) is 9.69 Å². The van der Waals surface area contributed by atoms with E-state index in [9.17, 15) is 9.18 Å². The molecule has 0 fully saturated rings. The molecule has 4 aromatic rings. The van der Waals surface area contributed by atoms with Crippen molar-refractivity contribution in [3.8, 4) is 11.5 Å². The first kappa shape index (κ1) is 26.9. The van der Waals surface area contributed by atoms with Gasteiger partial charge in [-0.1, -0.05) is 54.6 Å². The van der Waals surface area contributed by atoms with Crippen LogP contribution in [0, 0.1) is 5.82 Å². The van der Waals surface area contributed by atoms with Crippen LogP contribution in [-0.4, -0.2) is 43.5 Å². The van der Waals surface area contributed by atoms with E-state index >= 15 is 0 Å². The van der Waals surface area contributed by atoms with Gasteiger partial charge in [-0.2, -0.15) is 0 Å². The molecule has 0 unspecified atom stereocenters. The molecule has 0 atom stereocenters. The van der Waals surface area contributed by atoms with E-state index in [4.69, 9.17) is 13.9 Å². The maximum absolute atomic E-state index is 14.4. The molecule has 0 aliphatic heterocycles. The number of ether oxygens (including phenoxy) is 2. The SMILES string of the molecule is COc1ccc(CCN(C)C(=O)c2ccc(CN(Cc3ccccc3)Cc3ccccc3F)o2)cc1OC. The zero-order valence-electron chi connectivity index (χ0n) is 22.0. The van der Waals surface area contributed by atoms with Gasteiger partial charge in [-0.15, -0.1) is 0 Å². The Morgan fingerprint density at radius 1 is 0.816 bits per heavy atom. The first-order valence-corrected chi connectivity index (χ1v) is 12.5. The van der Waals surface area contributed by atoms with Crippen LogP contribution in [0.15, 0.2) is 89.3 Å². The van der Waals surface area contributed by atoms with Crippen LogP contribution in [0.1, 0.15) is 33.0 Å². The molecular weight excluding hydrogens is 483 g/mol. The minimum Gasteiger partial charge on any atom is -0.493 e. The highest BCUT2D eigenvalue weighted by Crippen LogP contribution is 2.28. The van der Waals surface area contributed by atoms with Gasteiger partial charge in [0.2, 0.25) is 0 Å². The third-order valence-electron chi connectivity index (χ3n) is 6.38. The smallest absolute Gasteiger partial charge is 0.289 e. The van der Waals surface area contributed by atoms with Crippen molar-refractivity contribution in [3.05, 3.63) is 119 Å². The van der Waals surface area contributed by atoms with Gasteiger partial charge in [0.25, 0.3) is 5.91 Å². The molecule has 1 aromatic heterocycles. The Morgan fingerprint density at radius 2 is 1.55 bits per heavy atom. The van der Waals surface area contributed by atoms with Crippen LogP contribution in [0.2, 0.25) is 0 Å². The number of nitrogens with zero attached hydrogens (tertiary/aromatic N) is 2. The lowest BCUT2D eigenvalue weighted by Crippen LogP contribution is -2.28. The van der Waals surface area contributed by atoms with Crippen LogP contribution in [0.4, 0.5) is 4.39 Å². The fourth-order valence-corrected chi connectivity index (χ4v) is 4.30. The first-order valence-electron chi connectivity index (χ1n) is 12.5. The lowest BCUT2D eigenvalue weighted by molar-refractivity contribution is 0.0760. The number of amides is 1. The van der Waals surface area contributed by atoms with Crippen molar-refractivity contribution in [3.63, 3.8) is 0 Å². The largest absolute Gasteiger partial charge is 0.493 e. The molecular formula is C31H33FN2O4. The van der Waals surface area contributed by atoms with Gasteiger partial charge >= 0.3 is 0 Å². The van der Waals surface area contributed by atoms with Gasteiger partial charge in [0.1, 0.15) is 11.6 Å². The molecule has 0 aliphatic carbocycles. The summed E-state index contributed by atoms with van der Waals surface area (Å²) in [4.78, 5) is 16.8. The molecule has 0 bridgehead atoms. The van der Waals surface area contributed by atoms with Crippen LogP contribution in [-0.2, 0) is 26.1 Å². The minimum absolute atomic E-state index is 0.194. The molecule has 3 aromatic carbocycles. The molecule has 0 aliphatic rings. The molecule has 0 radical (unpaired) electrons. The number of furan rings is 1. The fourth-order valence-electron chi connectivity index (χ4n) is 4.30. The normalized spacial score (nSPS) is 11.0. The first-order chi connectivity index (χ1) is 18.5. The molecule has 38 heavy (non-hydrogen) atoms. The van der Waals surface area contributed by atoms with Crippen LogP contribution in [0.5, 0.6) is 11.5 Å². The maximum Gasteiger partial charge on any atom is 0.289 e. The number of rotatable bonds is 12. The third kappa shape index (κ3) is 7.01. The van der Waals surface area contributed by atoms with Crippen LogP contribution in [0.3, 0.4) is 0 Å². The average molecular weight is 517 g/mol. The molecule has 6 nitrogen and oxygen atoms in total. The molecule has 1 amide bonds. The molecule has 4 rings (SSSR count). The molecule has 0 saturated carbocycles. The number of hydrogen-bond donors (Lipinski definition) is 0. The van der Waals surface area contributed by atoms with Crippen molar-refractivity contribution < 1.29 is 23.1 Å². The number of carbonyl (C=O) groups is 1. The van der Waals surface area contributed by atoms with E-state index < -0.39 is 0 Å². The summed E-state index contributed by atoms with van der Waals surface area (Å²) in [6, 6.07) is 26.0. The second-order valence-corrected chi connectivity index (χ2v) is 9.15. The summed E-state index contributed by atoms with van der Waals surface area (Å²) in [5.74, 6) is 1.82. The summed E-state index contributed by atoms with van der Waals surface area (Å²) in [5.41, 5.74) is 2.76. The van der Waals surface area contributed by atoms with Gasteiger partial charge < -0.3 is 18.8 Å². The average Bonchev–Trinajstić information content (AvgIpc) is 3.41. The van der Waals surface area contributed by atoms with Crippen LogP contribution >= 0.6 is 0 Å². The number of likely N-dealkylation sites (N-methyl/N-ethyl adjacent to an activating group) is 1. The zero-order chi connectivity index (χ0) is 26.9. The summed E-state index contributed by atoms with van der Waals surface area (Å²) < 4.78 is 31.0. The highest BCUT2D eigenvalue weighted by atomic mass is 19.1. The Morgan fingerprint density at radius 3 is 2.29 bits per heavy atom. The second-order valence-electron chi connectivity index (χ2n) is 9.15. The molecule has 1 heterocycles. The van der Waals surface area contributed by atoms with Gasteiger partial charge in [0.15, 0.2) is 17.3 Å². The Hall–Kier alpha value is -4.10. The molecule has 0 saturated heterocycles. The summed E-state index contributed by atoms with van der Waals surface area (Å²) >= 11 is 0. The number of hydrogen-bond acceptors (Lipinski definition) is 5. The molecule has 7 heteroatoms. The minimum atomic E-state index is -0.239. The predicted molar refractivity (Wildman–Crippen MR) is 145 cm³/mol. The van der Waals surface area contributed by atoms with E-state index in [0.717, 1.165) is 11.1 Å². The molecule has 0 spiro atoms. The number of halogens is 1. The fraction of sp³-hybridized carbons (Fsp3) is 0.258. The summed E-state index contributed by atoms with van der Waals surface area (Å²) in [5, 5.41) is 0. The Labute approximate surface area is 223 Å². The van der Waals surface area contributed by atoms with E-state index in [1.807, 2.05) is 60.7 Å². The van der Waals surface area contributed by atoms with Crippen molar-refractivity contribution in [1.29, 1.82) is 0 Å². The van der Waals surface area contributed by atoms with E-state index in [2.05, 4.69) is 4.90 Å². The quantitative estimate of drug-likeness (QED) is 0.233. The van der Waals surface area contributed by atoms with E-state index in [0.29, 0.717) is 55.4 Å². The lowest BCUT2D eigenvalue weighted by atomic mass is 10.1. The van der Waals surface area contributed by atoms with Gasteiger partial charge in [-0.25, -0.2) is 4.39 Å². The van der Waals surface area contributed by atoms with Crippen molar-refractivity contribution in [1.82, 2.24) is 9.80 Å². The van der Waals surface area contributed by atoms with Crippen molar-refractivity contribution in [2.75, 3.05) is 27.8 Å². The van der Waals surface area contributed by atoms with Crippen LogP contribution < -0.4 is 9.47 Å². The number of benzene rings is 3. The van der Waals surface area contributed by atoms with Crippen molar-refractivity contribution in [2.24, 2.45) is 0 Å². The molecule has 198 valence electrons. The standard InChI is InChI=1S/C31H33FN2O4/c1-33(18-17-23-13-15-28(36-2)30(19-23)37-3)31(35)29-16-14-26(38-29)22-34(20-24-9-5-4-6-10-24)21-25-11-7-8-12-27(25)32/h4-16,19H,17-18,20-22H2,1-3H3. The Kier molecular flexibility index (Phi) is 9.16. The summed E-state index contributed by atoms with van der Waals surface area (Å²) in [6.45, 7) is 1.98. The molecule has 0 N–H and O–H groups in total. The Bertz CT molecular complexity index is 1340. The number of methoxy groups -OCH3 is 2. The summed E-state index contributed by atoms with van der Waals surface area (Å²) in [7, 11) is 4.96. The van der Waals surface area contributed by atoms with E-state index in [-0.39, 0.29) is 17.5 Å². The third-order valence-corrected chi connectivity index (χ3v) is 6.38.